The fraction of sp³-hybridized carbons (Fsp3) is 0. The zero-order chi connectivity index (χ0) is 38.4. The smallest absolute Gasteiger partial charge is 0.0640 e. The van der Waals surface area contributed by atoms with Crippen LogP contribution in [0, 0.1) is 0 Å². The van der Waals surface area contributed by atoms with Gasteiger partial charge < -0.3 is 4.90 Å². The molecule has 0 aliphatic rings. The van der Waals surface area contributed by atoms with E-state index in [0.29, 0.717) is 0 Å². The van der Waals surface area contributed by atoms with Gasteiger partial charge in [0.1, 0.15) is 0 Å². The molecule has 0 aliphatic carbocycles. The lowest BCUT2D eigenvalue weighted by molar-refractivity contribution is 1.30. The lowest BCUT2D eigenvalue weighted by Crippen LogP contribution is -2.10. The molecule has 0 saturated carbocycles. The van der Waals surface area contributed by atoms with Crippen LogP contribution in [0.4, 0.5) is 17.1 Å². The number of hydrogen-bond acceptors (Lipinski definition) is 2. The number of rotatable bonds is 7. The minimum absolute atomic E-state index is 1.11. The van der Waals surface area contributed by atoms with Gasteiger partial charge >= 0.3 is 0 Å². The first-order valence-corrected chi connectivity index (χ1v) is 20.7. The van der Waals surface area contributed by atoms with Crippen LogP contribution in [-0.4, -0.2) is 0 Å². The molecule has 0 radical (unpaired) electrons. The van der Waals surface area contributed by atoms with Gasteiger partial charge in [0.2, 0.25) is 0 Å². The molecule has 1 aromatic heterocycles. The number of fused-ring (bicyclic) bond motifs is 6. The predicted molar refractivity (Wildman–Crippen MR) is 251 cm³/mol. The molecule has 10 aromatic carbocycles. The highest BCUT2D eigenvalue weighted by Gasteiger charge is 2.22. The summed E-state index contributed by atoms with van der Waals surface area (Å²) >= 11 is 1.90. The molecule has 0 bridgehead atoms. The van der Waals surface area contributed by atoms with Gasteiger partial charge in [0.05, 0.1) is 10.4 Å². The largest absolute Gasteiger partial charge is 0.309 e. The van der Waals surface area contributed by atoms with Crippen molar-refractivity contribution in [2.75, 3.05) is 4.90 Å². The predicted octanol–water partition coefficient (Wildman–Crippen LogP) is 16.5. The van der Waals surface area contributed by atoms with Crippen molar-refractivity contribution in [1.82, 2.24) is 0 Å². The lowest BCUT2D eigenvalue weighted by atomic mass is 9.96. The summed E-state index contributed by atoms with van der Waals surface area (Å²) in [6.07, 6.45) is 0. The van der Waals surface area contributed by atoms with E-state index in [4.69, 9.17) is 0 Å². The minimum atomic E-state index is 1.11. The Kier molecular flexibility index (Phi) is 8.42. The molecule has 0 saturated heterocycles. The Morgan fingerprint density at radius 3 is 1.47 bits per heavy atom. The topological polar surface area (TPSA) is 3.24 Å². The summed E-state index contributed by atoms with van der Waals surface area (Å²) in [5.74, 6) is 0. The van der Waals surface area contributed by atoms with Crippen LogP contribution in [0.3, 0.4) is 0 Å². The zero-order valence-corrected chi connectivity index (χ0v) is 32.5. The van der Waals surface area contributed by atoms with Gasteiger partial charge in [0.25, 0.3) is 0 Å². The summed E-state index contributed by atoms with van der Waals surface area (Å²) in [7, 11) is 0. The van der Waals surface area contributed by atoms with Crippen molar-refractivity contribution in [2.45, 2.75) is 0 Å². The summed E-state index contributed by atoms with van der Waals surface area (Å²) < 4.78 is 2.56. The molecule has 0 spiro atoms. The molecule has 0 fully saturated rings. The van der Waals surface area contributed by atoms with Crippen LogP contribution in [-0.2, 0) is 0 Å². The molecule has 1 nitrogen and oxygen atoms in total. The number of nitrogens with zero attached hydrogens (tertiary/aromatic N) is 1. The molecule has 11 aromatic rings. The fourth-order valence-electron chi connectivity index (χ4n) is 8.61. The number of thiophene rings is 1. The molecule has 0 aliphatic heterocycles. The highest BCUT2D eigenvalue weighted by Crippen LogP contribution is 2.50. The first-order valence-electron chi connectivity index (χ1n) is 19.8. The van der Waals surface area contributed by atoms with E-state index in [0.717, 1.165) is 17.1 Å². The van der Waals surface area contributed by atoms with Crippen molar-refractivity contribution < 1.29 is 0 Å². The van der Waals surface area contributed by atoms with Crippen LogP contribution in [0.15, 0.2) is 224 Å². The SMILES string of the molecule is c1ccc(-c2ccc(N(c3ccc(-c4ccc5ccc6ccccc6c5c4)cc3)c3ccc(-c4ccccc4)c4c3sc3c(-c5ccccc5)cccc34)cc2)cc1. The maximum absolute atomic E-state index is 2.45. The molecular formula is C56H37NS. The van der Waals surface area contributed by atoms with Gasteiger partial charge in [-0.3, -0.25) is 0 Å². The van der Waals surface area contributed by atoms with E-state index in [-0.39, 0.29) is 0 Å². The van der Waals surface area contributed by atoms with E-state index in [1.807, 2.05) is 11.3 Å². The van der Waals surface area contributed by atoms with Crippen LogP contribution in [0.2, 0.25) is 0 Å². The molecule has 1 heterocycles. The maximum Gasteiger partial charge on any atom is 0.0640 e. The summed E-state index contributed by atoms with van der Waals surface area (Å²) in [6.45, 7) is 0. The molecule has 0 atom stereocenters. The van der Waals surface area contributed by atoms with Crippen LogP contribution >= 0.6 is 11.3 Å². The number of hydrogen-bond donors (Lipinski definition) is 0. The second kappa shape index (κ2) is 14.4. The summed E-state index contributed by atoms with van der Waals surface area (Å²) in [4.78, 5) is 2.45. The second-order valence-corrected chi connectivity index (χ2v) is 15.9. The molecular weight excluding hydrogens is 719 g/mol. The van der Waals surface area contributed by atoms with Crippen LogP contribution in [0.5, 0.6) is 0 Å². The van der Waals surface area contributed by atoms with Crippen molar-refractivity contribution in [1.29, 1.82) is 0 Å². The third-order valence-corrected chi connectivity index (χ3v) is 12.7. The third kappa shape index (κ3) is 5.94. The first-order chi connectivity index (χ1) is 28.8. The van der Waals surface area contributed by atoms with E-state index >= 15 is 0 Å². The average Bonchev–Trinajstić information content (AvgIpc) is 3.71. The Morgan fingerprint density at radius 2 is 0.793 bits per heavy atom. The van der Waals surface area contributed by atoms with Gasteiger partial charge in [-0.25, -0.2) is 0 Å². The summed E-state index contributed by atoms with van der Waals surface area (Å²) in [6, 6.07) is 81.8. The average molecular weight is 756 g/mol. The fourth-order valence-corrected chi connectivity index (χ4v) is 9.98. The number of benzene rings is 10. The second-order valence-electron chi connectivity index (χ2n) is 14.9. The van der Waals surface area contributed by atoms with Gasteiger partial charge in [0, 0.05) is 26.8 Å². The molecule has 58 heavy (non-hydrogen) atoms. The Bertz CT molecular complexity index is 3240. The maximum atomic E-state index is 2.45. The molecule has 0 unspecified atom stereocenters. The van der Waals surface area contributed by atoms with Crippen molar-refractivity contribution in [3.63, 3.8) is 0 Å². The zero-order valence-electron chi connectivity index (χ0n) is 31.7. The Morgan fingerprint density at radius 1 is 0.293 bits per heavy atom. The van der Waals surface area contributed by atoms with E-state index in [2.05, 4.69) is 229 Å². The van der Waals surface area contributed by atoms with Crippen molar-refractivity contribution >= 4 is 70.1 Å². The van der Waals surface area contributed by atoms with E-state index in [1.54, 1.807) is 0 Å². The van der Waals surface area contributed by atoms with E-state index in [9.17, 15) is 0 Å². The molecule has 2 heteroatoms. The lowest BCUT2D eigenvalue weighted by Gasteiger charge is -2.27. The van der Waals surface area contributed by atoms with Gasteiger partial charge in [-0.2, -0.15) is 0 Å². The van der Waals surface area contributed by atoms with Gasteiger partial charge in [-0.15, -0.1) is 11.3 Å². The Labute approximate surface area is 342 Å². The van der Waals surface area contributed by atoms with Gasteiger partial charge in [-0.05, 0) is 102 Å². The normalized spacial score (nSPS) is 11.4. The van der Waals surface area contributed by atoms with Gasteiger partial charge in [0.15, 0.2) is 0 Å². The standard InChI is InChI=1S/C56H37NS/c1-4-13-38(14-5-1)39-27-31-46(32-28-39)57(47-33-29-40(30-34-47)45-26-25-44-24-23-43-19-10-11-20-48(43)52(44)37-45)53-36-35-49(41-15-6-2-7-16-41)54-51-22-12-21-50(55(51)58-56(53)54)42-17-8-3-9-18-42/h1-37H. The molecule has 272 valence electrons. The van der Waals surface area contributed by atoms with Gasteiger partial charge in [-0.1, -0.05) is 188 Å². The first kappa shape index (κ1) is 34.0. The quantitative estimate of drug-likeness (QED) is 0.146. The van der Waals surface area contributed by atoms with Crippen molar-refractivity contribution in [3.05, 3.63) is 224 Å². The highest BCUT2D eigenvalue weighted by molar-refractivity contribution is 7.27. The van der Waals surface area contributed by atoms with Crippen LogP contribution in [0.25, 0.3) is 86.2 Å². The Balaban J connectivity index is 1.11. The van der Waals surface area contributed by atoms with Crippen molar-refractivity contribution in [3.8, 4) is 44.5 Å². The highest BCUT2D eigenvalue weighted by atomic mass is 32.1. The summed E-state index contributed by atoms with van der Waals surface area (Å²) in [5.41, 5.74) is 13.1. The molecule has 11 rings (SSSR count). The van der Waals surface area contributed by atoms with Crippen molar-refractivity contribution in [2.24, 2.45) is 0 Å². The summed E-state index contributed by atoms with van der Waals surface area (Å²) in [5, 5.41) is 7.64. The minimum Gasteiger partial charge on any atom is -0.309 e. The molecule has 0 N–H and O–H groups in total. The van der Waals surface area contributed by atoms with E-state index in [1.165, 1.54) is 86.2 Å². The monoisotopic (exact) mass is 755 g/mol. The van der Waals surface area contributed by atoms with Crippen LogP contribution in [0.1, 0.15) is 0 Å². The van der Waals surface area contributed by atoms with E-state index < -0.39 is 0 Å². The van der Waals surface area contributed by atoms with Crippen LogP contribution < -0.4 is 4.90 Å². The number of anilines is 3. The molecule has 0 amide bonds. The third-order valence-electron chi connectivity index (χ3n) is 11.5. The Hall–Kier alpha value is -7.26.